The van der Waals surface area contributed by atoms with Gasteiger partial charge in [0.05, 0.1) is 0 Å². The van der Waals surface area contributed by atoms with Gasteiger partial charge in [0.15, 0.2) is 0 Å². The van der Waals surface area contributed by atoms with Gasteiger partial charge in [-0.1, -0.05) is 0 Å². The van der Waals surface area contributed by atoms with E-state index >= 15 is 0 Å². The molecule has 0 N–H and O–H groups in total. The van der Waals surface area contributed by atoms with E-state index in [1.165, 1.54) is 11.1 Å². The van der Waals surface area contributed by atoms with Crippen molar-refractivity contribution in [3.63, 3.8) is 0 Å². The van der Waals surface area contributed by atoms with Crippen LogP contribution in [-0.2, 0) is 27.5 Å². The van der Waals surface area contributed by atoms with E-state index in [0.29, 0.717) is 0 Å². The molecule has 0 fully saturated rings. The molecule has 1 radical (unpaired) electrons. The van der Waals surface area contributed by atoms with Crippen LogP contribution in [0.15, 0.2) is 0 Å². The van der Waals surface area contributed by atoms with Crippen LogP contribution in [0.3, 0.4) is 0 Å². The summed E-state index contributed by atoms with van der Waals surface area (Å²) < 4.78 is 1.96. The third-order valence-corrected chi connectivity index (χ3v) is 1.77. The zero-order valence-corrected chi connectivity index (χ0v) is 16.0. The number of hydrogen-bond donors (Lipinski definition) is 0. The number of aryl methyl sites for hydroxylation is 4. The summed E-state index contributed by atoms with van der Waals surface area (Å²) in [6.45, 7) is 6.13. The standard InChI is InChI=1S/C9H12N.Rb.Re/c1-7-5-9(3)10(4)6-8(7)2;;/h1-4H3;;/q-1;+1;. The predicted octanol–water partition coefficient (Wildman–Crippen LogP) is -1.96. The molecule has 3 heteroatoms. The van der Waals surface area contributed by atoms with E-state index in [1.54, 1.807) is 0 Å². The summed E-state index contributed by atoms with van der Waals surface area (Å²) in [5.41, 5.74) is 3.49. The van der Waals surface area contributed by atoms with Gasteiger partial charge in [-0.05, 0) is 12.6 Å². The van der Waals surface area contributed by atoms with Gasteiger partial charge >= 0.3 is 58.2 Å². The molecule has 61 valence electrons. The fraction of sp³-hybridized carbons (Fsp3) is 0.444. The molecule has 1 aromatic heterocycles. The average Bonchev–Trinajstić information content (AvgIpc) is 1.84. The van der Waals surface area contributed by atoms with Crippen LogP contribution >= 0.6 is 0 Å². The van der Waals surface area contributed by atoms with E-state index in [2.05, 4.69) is 19.2 Å². The van der Waals surface area contributed by atoms with Gasteiger partial charge in [-0.15, -0.1) is 13.8 Å². The predicted molar refractivity (Wildman–Crippen MR) is 39.5 cm³/mol. The molecule has 0 amide bonds. The molecule has 0 atom stereocenters. The third kappa shape index (κ3) is 4.22. The quantitative estimate of drug-likeness (QED) is 0.348. The summed E-state index contributed by atoms with van der Waals surface area (Å²) >= 11 is 0. The topological polar surface area (TPSA) is 3.88 Å². The van der Waals surface area contributed by atoms with Crippen LogP contribution in [0.25, 0.3) is 0 Å². The van der Waals surface area contributed by atoms with Gasteiger partial charge in [-0.3, -0.25) is 0 Å². The summed E-state index contributed by atoms with van der Waals surface area (Å²) in [6, 6.07) is 3.24. The van der Waals surface area contributed by atoms with Crippen molar-refractivity contribution in [3.8, 4) is 0 Å². The van der Waals surface area contributed by atoms with Gasteiger partial charge in [-0.25, -0.2) is 5.56 Å². The van der Waals surface area contributed by atoms with Crippen LogP contribution in [0.2, 0.25) is 0 Å². The SMILES string of the molecule is Cc1[c-]c(C)[n+](C)[c-]c1C.[Rb+].[Re]. The van der Waals surface area contributed by atoms with Crippen LogP contribution in [0.5, 0.6) is 0 Å². The van der Waals surface area contributed by atoms with Crippen molar-refractivity contribution in [2.75, 3.05) is 0 Å². The molecule has 0 aromatic carbocycles. The van der Waals surface area contributed by atoms with Crippen LogP contribution in [0.4, 0.5) is 0 Å². The maximum atomic E-state index is 3.24. The molecule has 0 aliphatic carbocycles. The molecule has 0 aliphatic rings. The largest absolute Gasteiger partial charge is 1.00 e. The average molecular weight is 406 g/mol. The monoisotopic (exact) mass is 406 g/mol. The van der Waals surface area contributed by atoms with E-state index in [1.807, 2.05) is 25.5 Å². The van der Waals surface area contributed by atoms with Crippen molar-refractivity contribution in [2.45, 2.75) is 20.8 Å². The maximum Gasteiger partial charge on any atom is 1.00 e. The molecular formula is C9H12NRbRe. The summed E-state index contributed by atoms with van der Waals surface area (Å²) in [5.74, 6) is 0. The minimum absolute atomic E-state index is 0. The van der Waals surface area contributed by atoms with Crippen molar-refractivity contribution in [2.24, 2.45) is 7.05 Å². The molecule has 0 saturated carbocycles. The van der Waals surface area contributed by atoms with Crippen LogP contribution in [-0.4, -0.2) is 0 Å². The fourth-order valence-electron chi connectivity index (χ4n) is 0.868. The van der Waals surface area contributed by atoms with E-state index in [4.69, 9.17) is 0 Å². The van der Waals surface area contributed by atoms with E-state index in [9.17, 15) is 0 Å². The van der Waals surface area contributed by atoms with Crippen molar-refractivity contribution in [3.05, 3.63) is 29.1 Å². The van der Waals surface area contributed by atoms with E-state index in [-0.39, 0.29) is 78.6 Å². The van der Waals surface area contributed by atoms with Crippen molar-refractivity contribution < 1.29 is 83.2 Å². The van der Waals surface area contributed by atoms with E-state index < -0.39 is 0 Å². The maximum absolute atomic E-state index is 3.24. The summed E-state index contributed by atoms with van der Waals surface area (Å²) in [7, 11) is 1.98. The van der Waals surface area contributed by atoms with E-state index in [0.717, 1.165) is 5.69 Å². The first-order valence-corrected chi connectivity index (χ1v) is 3.39. The van der Waals surface area contributed by atoms with Crippen LogP contribution < -0.4 is 62.8 Å². The van der Waals surface area contributed by atoms with Crippen LogP contribution in [0, 0.1) is 33.0 Å². The minimum Gasteiger partial charge on any atom is -0.344 e. The molecule has 1 nitrogen and oxygen atoms in total. The molecule has 1 rings (SSSR count). The van der Waals surface area contributed by atoms with Gasteiger partial charge in [-0.2, -0.15) is 0 Å². The Morgan fingerprint density at radius 2 is 1.58 bits per heavy atom. The van der Waals surface area contributed by atoms with Gasteiger partial charge in [0.25, 0.3) is 0 Å². The Kier molecular flexibility index (Phi) is 9.35. The summed E-state index contributed by atoms with van der Waals surface area (Å²) in [4.78, 5) is 0. The molecule has 0 spiro atoms. The minimum atomic E-state index is 0. The van der Waals surface area contributed by atoms with Gasteiger partial charge < -0.3 is 16.2 Å². The summed E-state index contributed by atoms with van der Waals surface area (Å²) in [5, 5.41) is 0. The number of nitrogens with zero attached hydrogens (tertiary/aromatic N) is 1. The number of hydrogen-bond acceptors (Lipinski definition) is 0. The van der Waals surface area contributed by atoms with Crippen LogP contribution in [0.1, 0.15) is 16.8 Å². The van der Waals surface area contributed by atoms with Crippen molar-refractivity contribution in [1.29, 1.82) is 0 Å². The molecule has 1 heterocycles. The fourth-order valence-corrected chi connectivity index (χ4v) is 0.868. The number of pyridine rings is 1. The van der Waals surface area contributed by atoms with Crippen molar-refractivity contribution >= 4 is 0 Å². The number of aromatic nitrogens is 1. The Bertz CT molecular complexity index is 211. The first-order chi connectivity index (χ1) is 4.61. The molecule has 1 aromatic rings. The molecule has 12 heavy (non-hydrogen) atoms. The third-order valence-electron chi connectivity index (χ3n) is 1.77. The first-order valence-electron chi connectivity index (χ1n) is 3.39. The zero-order valence-electron chi connectivity index (χ0n) is 8.33. The Hall–Kier alpha value is 1.62. The van der Waals surface area contributed by atoms with Gasteiger partial charge in [0.1, 0.15) is 7.05 Å². The Morgan fingerprint density at radius 1 is 1.08 bits per heavy atom. The molecule has 0 saturated heterocycles. The molecule has 0 aliphatic heterocycles. The second-order valence-corrected chi connectivity index (χ2v) is 2.63. The second-order valence-electron chi connectivity index (χ2n) is 2.63. The van der Waals surface area contributed by atoms with Gasteiger partial charge in [0, 0.05) is 26.6 Å². The Balaban J connectivity index is 0. The molecule has 0 unspecified atom stereocenters. The zero-order chi connectivity index (χ0) is 7.72. The molecule has 0 bridgehead atoms. The normalized spacial score (nSPS) is 8.33. The number of rotatable bonds is 0. The van der Waals surface area contributed by atoms with Crippen molar-refractivity contribution in [1.82, 2.24) is 0 Å². The first kappa shape index (κ1) is 16.1. The smallest absolute Gasteiger partial charge is 0.344 e. The van der Waals surface area contributed by atoms with Gasteiger partial charge in [0.2, 0.25) is 0 Å². The Labute approximate surface area is 137 Å². The Morgan fingerprint density at radius 3 is 2.00 bits per heavy atom. The second kappa shape index (κ2) is 6.98. The summed E-state index contributed by atoms with van der Waals surface area (Å²) in [6.07, 6.45) is 3.19. The molecular weight excluding hydrogens is 394 g/mol.